The van der Waals surface area contributed by atoms with Crippen molar-refractivity contribution in [2.24, 2.45) is 0 Å². The van der Waals surface area contributed by atoms with E-state index in [2.05, 4.69) is 4.90 Å². The summed E-state index contributed by atoms with van der Waals surface area (Å²) in [6.45, 7) is 8.43. The number of hydrogen-bond donors (Lipinski definition) is 0. The van der Waals surface area contributed by atoms with E-state index in [1.807, 2.05) is 38.1 Å². The molecule has 1 fully saturated rings. The maximum atomic E-state index is 13.9. The number of rotatable bonds is 7. The maximum Gasteiger partial charge on any atom is 0.290 e. The Bertz CT molecular complexity index is 1360. The fourth-order valence-electron chi connectivity index (χ4n) is 5.40. The third-order valence-electron chi connectivity index (χ3n) is 7.11. The van der Waals surface area contributed by atoms with Crippen LogP contribution in [0.25, 0.3) is 11.0 Å². The molecular weight excluding hydrogens is 460 g/mol. The summed E-state index contributed by atoms with van der Waals surface area (Å²) in [5.74, 6) is 0.997. The van der Waals surface area contributed by atoms with Crippen LogP contribution < -0.4 is 14.9 Å². The molecule has 2 aromatic carbocycles. The van der Waals surface area contributed by atoms with Gasteiger partial charge in [-0.05, 0) is 55.2 Å². The molecule has 8 heteroatoms. The Hall–Kier alpha value is -3.36. The third kappa shape index (κ3) is 4.24. The van der Waals surface area contributed by atoms with Gasteiger partial charge in [-0.1, -0.05) is 12.1 Å². The number of benzene rings is 2. The first-order valence-electron chi connectivity index (χ1n) is 12.3. The summed E-state index contributed by atoms with van der Waals surface area (Å²) in [4.78, 5) is 31.7. The van der Waals surface area contributed by atoms with Crippen molar-refractivity contribution < 1.29 is 23.4 Å². The van der Waals surface area contributed by atoms with Gasteiger partial charge < -0.3 is 23.5 Å². The van der Waals surface area contributed by atoms with Crippen molar-refractivity contribution in [2.45, 2.75) is 26.3 Å². The molecule has 1 saturated heterocycles. The van der Waals surface area contributed by atoms with Crippen molar-refractivity contribution in [1.29, 1.82) is 0 Å². The summed E-state index contributed by atoms with van der Waals surface area (Å²) in [6, 6.07) is 8.75. The van der Waals surface area contributed by atoms with E-state index in [0.29, 0.717) is 34.6 Å². The average Bonchev–Trinajstić information content (AvgIpc) is 3.15. The highest BCUT2D eigenvalue weighted by Gasteiger charge is 2.43. The molecule has 0 bridgehead atoms. The van der Waals surface area contributed by atoms with E-state index in [1.165, 1.54) is 0 Å². The normalized spacial score (nSPS) is 18.1. The standard InChI is InChI=1S/C28H32N2O6/c1-17-14-18(2)23-22(15-17)36-27-24(26(23)31)25(19-6-7-20(33-3)21(16-19)34-4)30(28(27)32)9-5-8-29-10-12-35-13-11-29/h6-7,14-16,25H,5,8-13H2,1-4H3. The SMILES string of the molecule is COc1ccc(C2c3c(oc4cc(C)cc(C)c4c3=O)C(=O)N2CCCN2CCOCC2)cc1OC. The van der Waals surface area contributed by atoms with Gasteiger partial charge >= 0.3 is 0 Å². The summed E-state index contributed by atoms with van der Waals surface area (Å²) < 4.78 is 22.6. The van der Waals surface area contributed by atoms with Crippen LogP contribution in [-0.4, -0.2) is 69.3 Å². The molecule has 190 valence electrons. The molecule has 36 heavy (non-hydrogen) atoms. The number of hydrogen-bond acceptors (Lipinski definition) is 7. The predicted octanol–water partition coefficient (Wildman–Crippen LogP) is 3.69. The quantitative estimate of drug-likeness (QED) is 0.498. The first-order chi connectivity index (χ1) is 17.4. The van der Waals surface area contributed by atoms with Crippen molar-refractivity contribution in [3.8, 4) is 11.5 Å². The van der Waals surface area contributed by atoms with Crippen molar-refractivity contribution in [3.63, 3.8) is 0 Å². The van der Waals surface area contributed by atoms with Crippen LogP contribution in [0.1, 0.15) is 45.3 Å². The zero-order valence-electron chi connectivity index (χ0n) is 21.3. The molecule has 5 rings (SSSR count). The first kappa shape index (κ1) is 24.3. The third-order valence-corrected chi connectivity index (χ3v) is 7.11. The van der Waals surface area contributed by atoms with E-state index in [0.717, 1.165) is 56.0 Å². The summed E-state index contributed by atoms with van der Waals surface area (Å²) in [5.41, 5.74) is 3.28. The zero-order valence-corrected chi connectivity index (χ0v) is 21.3. The molecule has 1 unspecified atom stereocenters. The van der Waals surface area contributed by atoms with E-state index >= 15 is 0 Å². The second-order valence-electron chi connectivity index (χ2n) is 9.45. The Kier molecular flexibility index (Phi) is 6.73. The number of morpholine rings is 1. The lowest BCUT2D eigenvalue weighted by Gasteiger charge is -2.29. The molecule has 0 spiro atoms. The largest absolute Gasteiger partial charge is 0.493 e. The van der Waals surface area contributed by atoms with Gasteiger partial charge in [0.05, 0.1) is 44.4 Å². The molecule has 0 saturated carbocycles. The Morgan fingerprint density at radius 1 is 0.972 bits per heavy atom. The van der Waals surface area contributed by atoms with Crippen LogP contribution >= 0.6 is 0 Å². The molecule has 1 amide bonds. The van der Waals surface area contributed by atoms with Crippen LogP contribution in [0.3, 0.4) is 0 Å². The van der Waals surface area contributed by atoms with Crippen LogP contribution in [0.5, 0.6) is 11.5 Å². The second kappa shape index (κ2) is 9.95. The Morgan fingerprint density at radius 3 is 2.44 bits per heavy atom. The number of methoxy groups -OCH3 is 2. The molecule has 0 N–H and O–H groups in total. The summed E-state index contributed by atoms with van der Waals surface area (Å²) >= 11 is 0. The maximum absolute atomic E-state index is 13.9. The minimum Gasteiger partial charge on any atom is -0.493 e. The van der Waals surface area contributed by atoms with Crippen LogP contribution in [0.15, 0.2) is 39.5 Å². The van der Waals surface area contributed by atoms with Gasteiger partial charge in [0.1, 0.15) is 5.58 Å². The van der Waals surface area contributed by atoms with Gasteiger partial charge in [-0.2, -0.15) is 0 Å². The van der Waals surface area contributed by atoms with Gasteiger partial charge in [0.25, 0.3) is 5.91 Å². The molecule has 0 radical (unpaired) electrons. The zero-order chi connectivity index (χ0) is 25.4. The van der Waals surface area contributed by atoms with Crippen molar-refractivity contribution in [2.75, 3.05) is 53.6 Å². The smallest absolute Gasteiger partial charge is 0.290 e. The molecule has 0 aliphatic carbocycles. The highest BCUT2D eigenvalue weighted by Crippen LogP contribution is 2.41. The average molecular weight is 493 g/mol. The molecule has 8 nitrogen and oxygen atoms in total. The van der Waals surface area contributed by atoms with Crippen LogP contribution in [-0.2, 0) is 4.74 Å². The van der Waals surface area contributed by atoms with Gasteiger partial charge in [0, 0.05) is 26.2 Å². The summed E-state index contributed by atoms with van der Waals surface area (Å²) in [5, 5.41) is 0.521. The lowest BCUT2D eigenvalue weighted by atomic mass is 9.96. The van der Waals surface area contributed by atoms with Crippen LogP contribution in [0, 0.1) is 13.8 Å². The summed E-state index contributed by atoms with van der Waals surface area (Å²) in [6.07, 6.45) is 0.773. The van der Waals surface area contributed by atoms with Gasteiger partial charge in [-0.15, -0.1) is 0 Å². The number of amides is 1. The molecule has 2 aliphatic rings. The van der Waals surface area contributed by atoms with E-state index in [1.54, 1.807) is 25.2 Å². The number of carbonyl (C=O) groups excluding carboxylic acids is 1. The molecule has 3 heterocycles. The molecule has 1 atom stereocenters. The predicted molar refractivity (Wildman–Crippen MR) is 136 cm³/mol. The Morgan fingerprint density at radius 2 is 1.72 bits per heavy atom. The monoisotopic (exact) mass is 492 g/mol. The lowest BCUT2D eigenvalue weighted by Crippen LogP contribution is -2.38. The Balaban J connectivity index is 1.59. The first-order valence-corrected chi connectivity index (χ1v) is 12.3. The minimum atomic E-state index is -0.571. The van der Waals surface area contributed by atoms with E-state index in [9.17, 15) is 9.59 Å². The lowest BCUT2D eigenvalue weighted by molar-refractivity contribution is 0.0353. The van der Waals surface area contributed by atoms with Crippen LogP contribution in [0.2, 0.25) is 0 Å². The highest BCUT2D eigenvalue weighted by molar-refractivity contribution is 5.99. The summed E-state index contributed by atoms with van der Waals surface area (Å²) in [7, 11) is 3.15. The Labute approximate surface area is 210 Å². The molecule has 3 aromatic rings. The van der Waals surface area contributed by atoms with Gasteiger partial charge in [0.15, 0.2) is 16.9 Å². The van der Waals surface area contributed by atoms with Crippen molar-refractivity contribution in [3.05, 3.63) is 68.6 Å². The van der Waals surface area contributed by atoms with Crippen molar-refractivity contribution in [1.82, 2.24) is 9.80 Å². The topological polar surface area (TPSA) is 81.5 Å². The number of fused-ring (bicyclic) bond motifs is 2. The van der Waals surface area contributed by atoms with Crippen LogP contribution in [0.4, 0.5) is 0 Å². The minimum absolute atomic E-state index is 0.128. The second-order valence-corrected chi connectivity index (χ2v) is 9.45. The number of ether oxygens (including phenoxy) is 3. The number of nitrogens with zero attached hydrogens (tertiary/aromatic N) is 2. The van der Waals surface area contributed by atoms with E-state index in [-0.39, 0.29) is 17.1 Å². The van der Waals surface area contributed by atoms with Gasteiger partial charge in [0.2, 0.25) is 5.76 Å². The van der Waals surface area contributed by atoms with E-state index in [4.69, 9.17) is 18.6 Å². The molecular formula is C28H32N2O6. The molecule has 1 aromatic heterocycles. The fraction of sp³-hybridized carbons (Fsp3) is 0.429. The van der Waals surface area contributed by atoms with Gasteiger partial charge in [-0.25, -0.2) is 0 Å². The fourth-order valence-corrected chi connectivity index (χ4v) is 5.40. The number of aryl methyl sites for hydroxylation is 2. The highest BCUT2D eigenvalue weighted by atomic mass is 16.5. The van der Waals surface area contributed by atoms with Gasteiger partial charge in [-0.3, -0.25) is 14.5 Å². The van der Waals surface area contributed by atoms with Crippen molar-refractivity contribution >= 4 is 16.9 Å². The van der Waals surface area contributed by atoms with E-state index < -0.39 is 6.04 Å². The molecule has 2 aliphatic heterocycles. The number of carbonyl (C=O) groups is 1.